The number of halogens is 4. The maximum atomic E-state index is 12.3. The summed E-state index contributed by atoms with van der Waals surface area (Å²) in [5.74, 6) is -0.611. The number of hydrogen-bond donors (Lipinski definition) is 2. The summed E-state index contributed by atoms with van der Waals surface area (Å²) in [6, 6.07) is 5.22. The minimum Gasteiger partial charge on any atom is -0.406 e. The van der Waals surface area contributed by atoms with Gasteiger partial charge in [-0.1, -0.05) is 18.9 Å². The Morgan fingerprint density at radius 1 is 1.32 bits per heavy atom. The van der Waals surface area contributed by atoms with Gasteiger partial charge in [0.05, 0.1) is 5.41 Å². The topological polar surface area (TPSA) is 64.4 Å². The van der Waals surface area contributed by atoms with E-state index in [0.29, 0.717) is 12.8 Å². The number of benzene rings is 1. The summed E-state index contributed by atoms with van der Waals surface area (Å²) < 4.78 is 40.3. The van der Waals surface area contributed by atoms with Crippen molar-refractivity contribution in [1.29, 1.82) is 0 Å². The van der Waals surface area contributed by atoms with E-state index >= 15 is 0 Å². The van der Waals surface area contributed by atoms with Crippen LogP contribution in [0.4, 0.5) is 18.9 Å². The number of amides is 1. The van der Waals surface area contributed by atoms with Gasteiger partial charge in [-0.2, -0.15) is 0 Å². The smallest absolute Gasteiger partial charge is 0.406 e. The Morgan fingerprint density at radius 3 is 2.50 bits per heavy atom. The third kappa shape index (κ3) is 4.51. The Balaban J connectivity index is 0.00000242. The first-order valence-electron chi connectivity index (χ1n) is 6.72. The molecule has 0 atom stereocenters. The fourth-order valence-corrected chi connectivity index (χ4v) is 2.61. The van der Waals surface area contributed by atoms with E-state index in [2.05, 4.69) is 10.1 Å². The Morgan fingerprint density at radius 2 is 1.95 bits per heavy atom. The number of carbonyl (C=O) groups excluding carboxylic acids is 1. The van der Waals surface area contributed by atoms with E-state index in [0.717, 1.165) is 18.9 Å². The van der Waals surface area contributed by atoms with Crippen LogP contribution in [-0.2, 0) is 4.79 Å². The van der Waals surface area contributed by atoms with Gasteiger partial charge in [0, 0.05) is 18.3 Å². The van der Waals surface area contributed by atoms with Crippen LogP contribution in [0, 0.1) is 5.41 Å². The monoisotopic (exact) mass is 338 g/mol. The van der Waals surface area contributed by atoms with Crippen LogP contribution in [0.3, 0.4) is 0 Å². The van der Waals surface area contributed by atoms with E-state index in [-0.39, 0.29) is 36.3 Å². The molecule has 1 aliphatic rings. The van der Waals surface area contributed by atoms with Crippen LogP contribution in [0.2, 0.25) is 0 Å². The van der Waals surface area contributed by atoms with E-state index in [9.17, 15) is 18.0 Å². The second kappa shape index (κ2) is 7.19. The van der Waals surface area contributed by atoms with Crippen LogP contribution in [0.5, 0.6) is 5.75 Å². The molecule has 3 N–H and O–H groups in total. The lowest BCUT2D eigenvalue weighted by Gasteiger charge is -2.25. The molecule has 1 amide bonds. The van der Waals surface area contributed by atoms with Gasteiger partial charge in [0.2, 0.25) is 5.91 Å². The van der Waals surface area contributed by atoms with Crippen molar-refractivity contribution in [2.75, 3.05) is 11.9 Å². The lowest BCUT2D eigenvalue weighted by atomic mass is 9.85. The van der Waals surface area contributed by atoms with Crippen LogP contribution in [-0.4, -0.2) is 18.8 Å². The highest BCUT2D eigenvalue weighted by molar-refractivity contribution is 5.95. The average Bonchev–Trinajstić information content (AvgIpc) is 2.87. The number of nitrogens with two attached hydrogens (primary N) is 1. The van der Waals surface area contributed by atoms with Gasteiger partial charge in [0.25, 0.3) is 0 Å². The second-order valence-electron chi connectivity index (χ2n) is 5.22. The van der Waals surface area contributed by atoms with Gasteiger partial charge in [-0.15, -0.1) is 25.6 Å². The van der Waals surface area contributed by atoms with E-state index in [1.165, 1.54) is 18.2 Å². The fraction of sp³-hybridized carbons (Fsp3) is 0.500. The molecule has 0 aliphatic heterocycles. The van der Waals surface area contributed by atoms with Crippen LogP contribution >= 0.6 is 12.4 Å². The molecule has 22 heavy (non-hydrogen) atoms. The lowest BCUT2D eigenvalue weighted by Crippen LogP contribution is -2.40. The van der Waals surface area contributed by atoms with Gasteiger partial charge in [0.15, 0.2) is 0 Å². The summed E-state index contributed by atoms with van der Waals surface area (Å²) in [7, 11) is 0. The molecule has 0 saturated heterocycles. The summed E-state index contributed by atoms with van der Waals surface area (Å²) in [6.07, 6.45) is -1.49. The molecule has 124 valence electrons. The van der Waals surface area contributed by atoms with Crippen molar-refractivity contribution in [3.63, 3.8) is 0 Å². The number of nitrogens with one attached hydrogen (secondary N) is 1. The van der Waals surface area contributed by atoms with E-state index in [1.54, 1.807) is 0 Å². The predicted molar refractivity (Wildman–Crippen MR) is 79.0 cm³/mol. The van der Waals surface area contributed by atoms with Gasteiger partial charge >= 0.3 is 6.36 Å². The molecule has 0 unspecified atom stereocenters. The highest BCUT2D eigenvalue weighted by Crippen LogP contribution is 2.38. The van der Waals surface area contributed by atoms with Crippen molar-refractivity contribution in [3.8, 4) is 5.75 Å². The molecule has 0 heterocycles. The zero-order valence-electron chi connectivity index (χ0n) is 11.8. The highest BCUT2D eigenvalue weighted by atomic mass is 35.5. The van der Waals surface area contributed by atoms with Crippen LogP contribution in [0.1, 0.15) is 25.7 Å². The van der Waals surface area contributed by atoms with Crippen molar-refractivity contribution < 1.29 is 22.7 Å². The van der Waals surface area contributed by atoms with Gasteiger partial charge in [-0.05, 0) is 25.0 Å². The molecule has 1 aliphatic carbocycles. The predicted octanol–water partition coefficient (Wildman–Crippen LogP) is 3.46. The van der Waals surface area contributed by atoms with Crippen LogP contribution in [0.15, 0.2) is 24.3 Å². The number of rotatable bonds is 4. The largest absolute Gasteiger partial charge is 0.573 e. The first-order chi connectivity index (χ1) is 9.85. The maximum absolute atomic E-state index is 12.3. The minimum absolute atomic E-state index is 0. The van der Waals surface area contributed by atoms with Crippen molar-refractivity contribution in [3.05, 3.63) is 24.3 Å². The Labute approximate surface area is 132 Å². The normalized spacial score (nSPS) is 16.7. The summed E-state index contributed by atoms with van der Waals surface area (Å²) >= 11 is 0. The Bertz CT molecular complexity index is 517. The average molecular weight is 339 g/mol. The zero-order valence-corrected chi connectivity index (χ0v) is 12.6. The first-order valence-corrected chi connectivity index (χ1v) is 6.72. The third-order valence-electron chi connectivity index (χ3n) is 3.76. The fourth-order valence-electron chi connectivity index (χ4n) is 2.61. The molecule has 2 rings (SSSR count). The molecule has 8 heteroatoms. The maximum Gasteiger partial charge on any atom is 0.573 e. The molecule has 1 aromatic carbocycles. The summed E-state index contributed by atoms with van der Waals surface area (Å²) in [5, 5.41) is 2.64. The first kappa shape index (κ1) is 18.6. The zero-order chi connectivity index (χ0) is 15.5. The molecule has 1 aromatic rings. The van der Waals surface area contributed by atoms with Gasteiger partial charge in [-0.3, -0.25) is 4.79 Å². The quantitative estimate of drug-likeness (QED) is 0.883. The molecular formula is C14H18ClF3N2O2. The molecule has 1 fully saturated rings. The van der Waals surface area contributed by atoms with Crippen LogP contribution < -0.4 is 15.8 Å². The van der Waals surface area contributed by atoms with Gasteiger partial charge in [0.1, 0.15) is 5.75 Å². The molecule has 0 spiro atoms. The van der Waals surface area contributed by atoms with Crippen molar-refractivity contribution in [2.24, 2.45) is 11.1 Å². The summed E-state index contributed by atoms with van der Waals surface area (Å²) in [6.45, 7) is 0.234. The van der Waals surface area contributed by atoms with E-state index in [1.807, 2.05) is 0 Å². The molecule has 0 aromatic heterocycles. The molecule has 0 radical (unpaired) electrons. The highest BCUT2D eigenvalue weighted by Gasteiger charge is 2.39. The summed E-state index contributed by atoms with van der Waals surface area (Å²) in [5.41, 5.74) is 5.36. The third-order valence-corrected chi connectivity index (χ3v) is 3.76. The molecular weight excluding hydrogens is 321 g/mol. The van der Waals surface area contributed by atoms with E-state index in [4.69, 9.17) is 5.73 Å². The Hall–Kier alpha value is -1.47. The number of anilines is 1. The van der Waals surface area contributed by atoms with Gasteiger partial charge in [-0.25, -0.2) is 0 Å². The van der Waals surface area contributed by atoms with Crippen LogP contribution in [0.25, 0.3) is 0 Å². The molecule has 1 saturated carbocycles. The number of hydrogen-bond acceptors (Lipinski definition) is 3. The number of alkyl halides is 3. The SMILES string of the molecule is Cl.NCC1(C(=O)Nc2cccc(OC(F)(F)F)c2)CCCC1. The lowest BCUT2D eigenvalue weighted by molar-refractivity contribution is -0.274. The standard InChI is InChI=1S/C14H17F3N2O2.ClH/c15-14(16,17)21-11-5-3-4-10(8-11)19-12(20)13(9-18)6-1-2-7-13;/h3-5,8H,1-2,6-7,9,18H2,(H,19,20);1H. The summed E-state index contributed by atoms with van der Waals surface area (Å²) in [4.78, 5) is 12.3. The minimum atomic E-state index is -4.76. The van der Waals surface area contributed by atoms with Crippen molar-refractivity contribution in [2.45, 2.75) is 32.0 Å². The second-order valence-corrected chi connectivity index (χ2v) is 5.22. The van der Waals surface area contributed by atoms with Gasteiger partial charge < -0.3 is 15.8 Å². The molecule has 0 bridgehead atoms. The Kier molecular flexibility index (Phi) is 6.08. The molecule has 4 nitrogen and oxygen atoms in total. The van der Waals surface area contributed by atoms with Crippen molar-refractivity contribution >= 4 is 24.0 Å². The van der Waals surface area contributed by atoms with Crippen molar-refractivity contribution in [1.82, 2.24) is 0 Å². The number of ether oxygens (including phenoxy) is 1. The number of carbonyl (C=O) groups is 1. The van der Waals surface area contributed by atoms with E-state index < -0.39 is 11.8 Å².